The van der Waals surface area contributed by atoms with Crippen molar-refractivity contribution >= 4 is 32.9 Å². The van der Waals surface area contributed by atoms with Crippen LogP contribution in [-0.2, 0) is 0 Å². The number of aromatic nitrogens is 2. The number of hydrogen-bond acceptors (Lipinski definition) is 8. The van der Waals surface area contributed by atoms with E-state index in [0.717, 1.165) is 40.1 Å². The molecule has 0 saturated heterocycles. The SMILES string of the molecule is CCCCOc1ccc(-c2nc(C=Nc3nc4ccc(OCC)cc4s3)c(O)o2)cc1. The van der Waals surface area contributed by atoms with Crippen LogP contribution in [0.15, 0.2) is 51.9 Å². The lowest BCUT2D eigenvalue weighted by molar-refractivity contribution is 0.309. The monoisotopic (exact) mass is 437 g/mol. The van der Waals surface area contributed by atoms with Crippen LogP contribution in [0.2, 0.25) is 0 Å². The molecule has 0 aliphatic heterocycles. The van der Waals surface area contributed by atoms with Crippen LogP contribution >= 0.6 is 11.3 Å². The van der Waals surface area contributed by atoms with Crippen molar-refractivity contribution in [2.75, 3.05) is 13.2 Å². The minimum Gasteiger partial charge on any atom is -0.494 e. The molecule has 7 nitrogen and oxygen atoms in total. The molecule has 1 N–H and O–H groups in total. The Balaban J connectivity index is 1.48. The second kappa shape index (κ2) is 9.61. The number of aromatic hydroxyl groups is 1. The van der Waals surface area contributed by atoms with Crippen molar-refractivity contribution in [1.82, 2.24) is 9.97 Å². The van der Waals surface area contributed by atoms with Crippen LogP contribution in [-0.4, -0.2) is 34.5 Å². The lowest BCUT2D eigenvalue weighted by atomic mass is 10.2. The van der Waals surface area contributed by atoms with Crippen molar-refractivity contribution in [2.24, 2.45) is 4.99 Å². The molecule has 0 spiro atoms. The second-order valence-corrected chi connectivity index (χ2v) is 7.76. The molecule has 4 aromatic rings. The zero-order chi connectivity index (χ0) is 21.6. The van der Waals surface area contributed by atoms with Gasteiger partial charge in [-0.3, -0.25) is 0 Å². The molecule has 0 bridgehead atoms. The minimum atomic E-state index is -0.290. The molecule has 2 aromatic heterocycles. The van der Waals surface area contributed by atoms with Crippen LogP contribution in [0, 0.1) is 0 Å². The van der Waals surface area contributed by atoms with Crippen molar-refractivity contribution in [3.8, 4) is 28.9 Å². The average Bonchev–Trinajstić information content (AvgIpc) is 3.35. The van der Waals surface area contributed by atoms with Crippen LogP contribution in [0.5, 0.6) is 17.4 Å². The Hall–Kier alpha value is -3.39. The Bertz CT molecular complexity index is 1180. The van der Waals surface area contributed by atoms with E-state index in [0.29, 0.717) is 24.2 Å². The highest BCUT2D eigenvalue weighted by molar-refractivity contribution is 7.22. The molecule has 0 fully saturated rings. The first-order valence-electron chi connectivity index (χ1n) is 10.2. The van der Waals surface area contributed by atoms with Crippen LogP contribution in [0.3, 0.4) is 0 Å². The fourth-order valence-electron chi connectivity index (χ4n) is 2.88. The average molecular weight is 438 g/mol. The molecule has 0 amide bonds. The molecule has 2 heterocycles. The first-order chi connectivity index (χ1) is 15.2. The molecule has 0 atom stereocenters. The first kappa shape index (κ1) is 20.9. The summed E-state index contributed by atoms with van der Waals surface area (Å²) in [5, 5.41) is 10.7. The molecular weight excluding hydrogens is 414 g/mol. The fourth-order valence-corrected chi connectivity index (χ4v) is 3.72. The standard InChI is InChI=1S/C23H23N3O4S/c1-3-5-12-29-16-8-6-15(7-9-16)21-25-19(22(27)30-21)14-24-23-26-18-11-10-17(28-4-2)13-20(18)31-23/h6-11,13-14,27H,3-5,12H2,1-2H3. The highest BCUT2D eigenvalue weighted by Gasteiger charge is 2.13. The maximum Gasteiger partial charge on any atom is 0.312 e. The van der Waals surface area contributed by atoms with Gasteiger partial charge in [0.25, 0.3) is 0 Å². The third-order valence-corrected chi connectivity index (χ3v) is 5.39. The summed E-state index contributed by atoms with van der Waals surface area (Å²) in [5.74, 6) is 1.61. The van der Waals surface area contributed by atoms with Gasteiger partial charge in [-0.05, 0) is 55.8 Å². The number of hydrogen-bond donors (Lipinski definition) is 1. The lowest BCUT2D eigenvalue weighted by Gasteiger charge is -2.05. The number of ether oxygens (including phenoxy) is 2. The number of oxazole rings is 1. The van der Waals surface area contributed by atoms with E-state index >= 15 is 0 Å². The number of nitrogens with zero attached hydrogens (tertiary/aromatic N) is 3. The molecule has 8 heteroatoms. The van der Waals surface area contributed by atoms with Crippen molar-refractivity contribution in [3.63, 3.8) is 0 Å². The van der Waals surface area contributed by atoms with Gasteiger partial charge in [0.1, 0.15) is 11.5 Å². The third-order valence-electron chi connectivity index (χ3n) is 4.46. The summed E-state index contributed by atoms with van der Waals surface area (Å²) in [5.41, 5.74) is 1.82. The molecule has 0 radical (unpaired) electrons. The van der Waals surface area contributed by atoms with Crippen molar-refractivity contribution in [3.05, 3.63) is 48.2 Å². The van der Waals surface area contributed by atoms with Crippen LogP contribution in [0.1, 0.15) is 32.4 Å². The van der Waals surface area contributed by atoms with Crippen LogP contribution in [0.25, 0.3) is 21.7 Å². The zero-order valence-corrected chi connectivity index (χ0v) is 18.2. The molecule has 160 valence electrons. The van der Waals surface area contributed by atoms with E-state index in [2.05, 4.69) is 21.9 Å². The smallest absolute Gasteiger partial charge is 0.312 e. The molecule has 0 aliphatic rings. The summed E-state index contributed by atoms with van der Waals surface area (Å²) in [6, 6.07) is 13.1. The summed E-state index contributed by atoms with van der Waals surface area (Å²) in [6.07, 6.45) is 3.55. The third kappa shape index (κ3) is 5.03. The fraction of sp³-hybridized carbons (Fsp3) is 0.261. The number of thiazole rings is 1. The van der Waals surface area contributed by atoms with Gasteiger partial charge in [0.2, 0.25) is 11.0 Å². The maximum atomic E-state index is 10.1. The van der Waals surface area contributed by atoms with Gasteiger partial charge in [-0.1, -0.05) is 24.7 Å². The summed E-state index contributed by atoms with van der Waals surface area (Å²) in [6.45, 7) is 5.37. The van der Waals surface area contributed by atoms with Crippen molar-refractivity contribution in [1.29, 1.82) is 0 Å². The number of fused-ring (bicyclic) bond motifs is 1. The van der Waals surface area contributed by atoms with Crippen molar-refractivity contribution < 1.29 is 19.0 Å². The van der Waals surface area contributed by atoms with Gasteiger partial charge in [-0.2, -0.15) is 0 Å². The summed E-state index contributed by atoms with van der Waals surface area (Å²) in [7, 11) is 0. The molecular formula is C23H23N3O4S. The summed E-state index contributed by atoms with van der Waals surface area (Å²) in [4.78, 5) is 13.2. The molecule has 31 heavy (non-hydrogen) atoms. The highest BCUT2D eigenvalue weighted by atomic mass is 32.1. The Morgan fingerprint density at radius 1 is 1.06 bits per heavy atom. The van der Waals surface area contributed by atoms with Gasteiger partial charge in [0, 0.05) is 5.56 Å². The Morgan fingerprint density at radius 3 is 2.65 bits per heavy atom. The number of rotatable bonds is 9. The largest absolute Gasteiger partial charge is 0.494 e. The normalized spacial score (nSPS) is 11.4. The quantitative estimate of drug-likeness (QED) is 0.256. The minimum absolute atomic E-state index is 0.243. The van der Waals surface area contributed by atoms with E-state index < -0.39 is 0 Å². The molecule has 0 saturated carbocycles. The lowest BCUT2D eigenvalue weighted by Crippen LogP contribution is -1.95. The van der Waals surface area contributed by atoms with E-state index in [4.69, 9.17) is 13.9 Å². The van der Waals surface area contributed by atoms with Gasteiger partial charge in [-0.15, -0.1) is 0 Å². The van der Waals surface area contributed by atoms with E-state index in [1.54, 1.807) is 0 Å². The Labute approximate surface area is 184 Å². The van der Waals surface area contributed by atoms with Gasteiger partial charge in [-0.25, -0.2) is 15.0 Å². The van der Waals surface area contributed by atoms with E-state index in [-0.39, 0.29) is 11.6 Å². The van der Waals surface area contributed by atoms with E-state index in [1.165, 1.54) is 17.6 Å². The number of benzene rings is 2. The Morgan fingerprint density at radius 2 is 1.87 bits per heavy atom. The summed E-state index contributed by atoms with van der Waals surface area (Å²) < 4.78 is 17.6. The Kier molecular flexibility index (Phi) is 6.47. The maximum absolute atomic E-state index is 10.1. The van der Waals surface area contributed by atoms with Gasteiger partial charge >= 0.3 is 5.95 Å². The predicted octanol–water partition coefficient (Wildman–Crippen LogP) is 5.99. The van der Waals surface area contributed by atoms with Gasteiger partial charge in [0.15, 0.2) is 5.69 Å². The summed E-state index contributed by atoms with van der Waals surface area (Å²) >= 11 is 1.43. The number of aliphatic imine (C=N–C) groups is 1. The molecule has 2 aromatic carbocycles. The molecule has 0 unspecified atom stereocenters. The molecule has 0 aliphatic carbocycles. The second-order valence-electron chi connectivity index (χ2n) is 6.75. The van der Waals surface area contributed by atoms with Gasteiger partial charge in [0.05, 0.1) is 29.6 Å². The van der Waals surface area contributed by atoms with Crippen LogP contribution < -0.4 is 9.47 Å². The zero-order valence-electron chi connectivity index (χ0n) is 17.4. The van der Waals surface area contributed by atoms with E-state index in [9.17, 15) is 5.11 Å². The molecule has 4 rings (SSSR count). The van der Waals surface area contributed by atoms with Gasteiger partial charge < -0.3 is 19.0 Å². The topological polar surface area (TPSA) is 90.0 Å². The first-order valence-corrected chi connectivity index (χ1v) is 11.0. The van der Waals surface area contributed by atoms with Crippen molar-refractivity contribution in [2.45, 2.75) is 26.7 Å². The number of unbranched alkanes of at least 4 members (excludes halogenated alkanes) is 1. The highest BCUT2D eigenvalue weighted by Crippen LogP contribution is 2.32. The van der Waals surface area contributed by atoms with Crippen LogP contribution in [0.4, 0.5) is 5.13 Å². The predicted molar refractivity (Wildman–Crippen MR) is 122 cm³/mol. The van der Waals surface area contributed by atoms with E-state index in [1.807, 2.05) is 49.4 Å².